The summed E-state index contributed by atoms with van der Waals surface area (Å²) in [5, 5.41) is 21.9. The van der Waals surface area contributed by atoms with E-state index in [9.17, 15) is 13.5 Å². The maximum absolute atomic E-state index is 11.6. The number of aliphatic hydroxyl groups excluding tert-OH is 1. The van der Waals surface area contributed by atoms with Crippen molar-refractivity contribution >= 4 is 33.4 Å². The molecule has 0 bridgehead atoms. The van der Waals surface area contributed by atoms with Crippen LogP contribution in [0.3, 0.4) is 0 Å². The number of benzene rings is 1. The number of aliphatic hydroxyl groups is 1. The highest BCUT2D eigenvalue weighted by molar-refractivity contribution is 7.98. The molecular formula is C18H23N5O3S2. The molecule has 0 spiro atoms. The van der Waals surface area contributed by atoms with Crippen LogP contribution in [0.15, 0.2) is 35.5 Å². The summed E-state index contributed by atoms with van der Waals surface area (Å²) in [5.41, 5.74) is 1.57. The van der Waals surface area contributed by atoms with E-state index < -0.39 is 10.0 Å². The van der Waals surface area contributed by atoms with Crippen LogP contribution in [0.2, 0.25) is 0 Å². The molecule has 0 fully saturated rings. The maximum atomic E-state index is 11.6. The van der Waals surface area contributed by atoms with Crippen molar-refractivity contribution in [3.63, 3.8) is 0 Å². The van der Waals surface area contributed by atoms with Gasteiger partial charge < -0.3 is 10.4 Å². The Bertz CT molecular complexity index is 927. The van der Waals surface area contributed by atoms with Crippen LogP contribution < -0.4 is 10.0 Å². The fraction of sp³-hybridized carbons (Fsp3) is 0.389. The number of anilines is 2. The molecule has 8 nitrogen and oxygen atoms in total. The fourth-order valence-corrected chi connectivity index (χ4v) is 3.69. The number of hydrogen-bond acceptors (Lipinski definition) is 8. The van der Waals surface area contributed by atoms with Gasteiger partial charge in [0.2, 0.25) is 10.0 Å². The Balaban J connectivity index is 2.21. The molecule has 0 aliphatic heterocycles. The van der Waals surface area contributed by atoms with Crippen LogP contribution in [0.4, 0.5) is 11.6 Å². The molecule has 1 aromatic heterocycles. The van der Waals surface area contributed by atoms with Gasteiger partial charge in [-0.1, -0.05) is 37.2 Å². The predicted molar refractivity (Wildman–Crippen MR) is 111 cm³/mol. The lowest BCUT2D eigenvalue weighted by molar-refractivity contribution is 0.268. The van der Waals surface area contributed by atoms with Gasteiger partial charge >= 0.3 is 0 Å². The molecule has 0 saturated carbocycles. The van der Waals surface area contributed by atoms with Crippen molar-refractivity contribution in [1.29, 1.82) is 5.26 Å². The van der Waals surface area contributed by atoms with Crippen molar-refractivity contribution < 1.29 is 13.5 Å². The van der Waals surface area contributed by atoms with Gasteiger partial charge in [0.1, 0.15) is 11.6 Å². The molecule has 0 amide bonds. The van der Waals surface area contributed by atoms with E-state index in [0.717, 1.165) is 24.7 Å². The van der Waals surface area contributed by atoms with Gasteiger partial charge in [-0.05, 0) is 24.1 Å². The summed E-state index contributed by atoms with van der Waals surface area (Å²) in [4.78, 5) is 8.68. The van der Waals surface area contributed by atoms with E-state index >= 15 is 0 Å². The molecular weight excluding hydrogens is 398 g/mol. The Kier molecular flexibility index (Phi) is 8.04. The average molecular weight is 422 g/mol. The second kappa shape index (κ2) is 10.3. The van der Waals surface area contributed by atoms with E-state index in [1.165, 1.54) is 17.8 Å². The minimum absolute atomic E-state index is 0.0552. The van der Waals surface area contributed by atoms with E-state index in [2.05, 4.69) is 26.1 Å². The first-order chi connectivity index (χ1) is 13.3. The average Bonchev–Trinajstić information content (AvgIpc) is 2.65. The Morgan fingerprint density at radius 2 is 1.93 bits per heavy atom. The van der Waals surface area contributed by atoms with Crippen LogP contribution in [-0.2, 0) is 15.8 Å². The summed E-state index contributed by atoms with van der Waals surface area (Å²) in [5.74, 6) is 1.16. The van der Waals surface area contributed by atoms with Gasteiger partial charge in [-0.2, -0.15) is 5.26 Å². The summed E-state index contributed by atoms with van der Waals surface area (Å²) in [7, 11) is -3.49. The van der Waals surface area contributed by atoms with Crippen LogP contribution in [0.1, 0.15) is 30.9 Å². The maximum Gasteiger partial charge on any atom is 0.230 e. The Hall–Kier alpha value is -2.35. The van der Waals surface area contributed by atoms with Crippen LogP contribution in [-0.4, -0.2) is 42.4 Å². The highest BCUT2D eigenvalue weighted by Gasteiger charge is 2.12. The molecule has 2 rings (SSSR count). The fourth-order valence-electron chi connectivity index (χ4n) is 2.40. The third-order valence-corrected chi connectivity index (χ3v) is 5.15. The normalized spacial score (nSPS) is 12.2. The van der Waals surface area contributed by atoms with Crippen molar-refractivity contribution in [1.82, 2.24) is 9.97 Å². The zero-order valence-corrected chi connectivity index (χ0v) is 17.3. The monoisotopic (exact) mass is 421 g/mol. The lowest BCUT2D eigenvalue weighted by Crippen LogP contribution is -2.24. The van der Waals surface area contributed by atoms with Crippen LogP contribution in [0, 0.1) is 11.3 Å². The zero-order chi connectivity index (χ0) is 20.6. The number of nitrogens with one attached hydrogen (secondary N) is 2. The van der Waals surface area contributed by atoms with Gasteiger partial charge in [-0.3, -0.25) is 4.72 Å². The number of aromatic nitrogens is 2. The minimum Gasteiger partial charge on any atom is -0.394 e. The first-order valence-corrected chi connectivity index (χ1v) is 11.6. The molecule has 0 saturated heterocycles. The molecule has 150 valence electrons. The standard InChI is InChI=1S/C18H23N5O3S2/c1-3-4-15(11-24)20-16-9-17(23-28(2,25)26)22-18(21-16)27-12-14-7-5-13(10-19)6-8-14/h5-9,15,24H,3-4,11-12H2,1-2H3,(H2,20,21,22,23). The molecule has 10 heteroatoms. The molecule has 0 aliphatic carbocycles. The van der Waals surface area contributed by atoms with E-state index in [-0.39, 0.29) is 18.5 Å². The van der Waals surface area contributed by atoms with Gasteiger partial charge in [0.25, 0.3) is 0 Å². The Labute approximate surface area is 169 Å². The van der Waals surface area contributed by atoms with E-state index in [0.29, 0.717) is 22.3 Å². The van der Waals surface area contributed by atoms with Crippen molar-refractivity contribution in [2.75, 3.05) is 22.9 Å². The number of hydrogen-bond donors (Lipinski definition) is 3. The van der Waals surface area contributed by atoms with Crippen molar-refractivity contribution in [2.45, 2.75) is 36.7 Å². The van der Waals surface area contributed by atoms with E-state index in [1.54, 1.807) is 12.1 Å². The topological polar surface area (TPSA) is 128 Å². The summed E-state index contributed by atoms with van der Waals surface area (Å²) in [6, 6.07) is 10.6. The summed E-state index contributed by atoms with van der Waals surface area (Å²) in [6.45, 7) is 1.96. The summed E-state index contributed by atoms with van der Waals surface area (Å²) >= 11 is 1.35. The number of sulfonamides is 1. The van der Waals surface area contributed by atoms with E-state index in [4.69, 9.17) is 5.26 Å². The Morgan fingerprint density at radius 3 is 2.50 bits per heavy atom. The predicted octanol–water partition coefficient (Wildman–Crippen LogP) is 2.58. The second-order valence-corrected chi connectivity index (χ2v) is 8.90. The molecule has 0 aliphatic rings. The molecule has 3 N–H and O–H groups in total. The second-order valence-electron chi connectivity index (χ2n) is 6.21. The Morgan fingerprint density at radius 1 is 1.25 bits per heavy atom. The van der Waals surface area contributed by atoms with Crippen LogP contribution >= 0.6 is 11.8 Å². The highest BCUT2D eigenvalue weighted by atomic mass is 32.2. The number of thioether (sulfide) groups is 1. The van der Waals surface area contributed by atoms with Crippen molar-refractivity contribution in [2.24, 2.45) is 0 Å². The largest absolute Gasteiger partial charge is 0.394 e. The lowest BCUT2D eigenvalue weighted by atomic mass is 10.2. The van der Waals surface area contributed by atoms with E-state index in [1.807, 2.05) is 19.1 Å². The number of nitriles is 1. The minimum atomic E-state index is -3.49. The quantitative estimate of drug-likeness (QED) is 0.394. The third kappa shape index (κ3) is 7.34. The van der Waals surface area contributed by atoms with Gasteiger partial charge in [0, 0.05) is 11.8 Å². The SMILES string of the molecule is CCCC(CO)Nc1cc(NS(C)(=O)=O)nc(SCc2ccc(C#N)cc2)n1. The van der Waals surface area contributed by atoms with Gasteiger partial charge in [-0.15, -0.1) is 0 Å². The number of rotatable bonds is 10. The molecule has 1 atom stereocenters. The van der Waals surface area contributed by atoms with Gasteiger partial charge in [0.15, 0.2) is 5.16 Å². The lowest BCUT2D eigenvalue weighted by Gasteiger charge is -2.17. The first-order valence-electron chi connectivity index (χ1n) is 8.69. The molecule has 1 aromatic carbocycles. The van der Waals surface area contributed by atoms with Crippen LogP contribution in [0.25, 0.3) is 0 Å². The van der Waals surface area contributed by atoms with Gasteiger partial charge in [0.05, 0.1) is 30.5 Å². The third-order valence-electron chi connectivity index (χ3n) is 3.66. The molecule has 28 heavy (non-hydrogen) atoms. The summed E-state index contributed by atoms with van der Waals surface area (Å²) < 4.78 is 25.5. The molecule has 1 unspecified atom stereocenters. The highest BCUT2D eigenvalue weighted by Crippen LogP contribution is 2.24. The molecule has 1 heterocycles. The summed E-state index contributed by atoms with van der Waals surface area (Å²) in [6.07, 6.45) is 2.69. The van der Waals surface area contributed by atoms with Crippen molar-refractivity contribution in [3.8, 4) is 6.07 Å². The number of nitrogens with zero attached hydrogens (tertiary/aromatic N) is 3. The smallest absolute Gasteiger partial charge is 0.230 e. The zero-order valence-electron chi connectivity index (χ0n) is 15.7. The molecule has 0 radical (unpaired) electrons. The molecule has 2 aromatic rings. The van der Waals surface area contributed by atoms with Gasteiger partial charge in [-0.25, -0.2) is 18.4 Å². The van der Waals surface area contributed by atoms with Crippen molar-refractivity contribution in [3.05, 3.63) is 41.5 Å². The van der Waals surface area contributed by atoms with Crippen LogP contribution in [0.5, 0.6) is 0 Å². The first kappa shape index (κ1) is 21.9.